The van der Waals surface area contributed by atoms with Gasteiger partial charge in [0, 0.05) is 5.56 Å². The SMILES string of the molecule is COC(=O)c1ccc(C)c(COC(=O)c2ccc(-c3ncon3)cc2)c1. The second-order valence-corrected chi connectivity index (χ2v) is 5.54. The number of rotatable bonds is 5. The molecule has 0 atom stereocenters. The Kier molecular flexibility index (Phi) is 5.07. The lowest BCUT2D eigenvalue weighted by molar-refractivity contribution is 0.0472. The lowest BCUT2D eigenvalue weighted by Crippen LogP contribution is -2.08. The summed E-state index contributed by atoms with van der Waals surface area (Å²) in [6, 6.07) is 11.8. The fourth-order valence-electron chi connectivity index (χ4n) is 2.35. The summed E-state index contributed by atoms with van der Waals surface area (Å²) < 4.78 is 14.8. The van der Waals surface area contributed by atoms with Gasteiger partial charge in [0.1, 0.15) is 6.61 Å². The van der Waals surface area contributed by atoms with Crippen molar-refractivity contribution >= 4 is 11.9 Å². The lowest BCUT2D eigenvalue weighted by Gasteiger charge is -2.09. The maximum Gasteiger partial charge on any atom is 0.338 e. The average Bonchev–Trinajstić information content (AvgIpc) is 3.21. The van der Waals surface area contributed by atoms with Gasteiger partial charge in [-0.25, -0.2) is 9.59 Å². The zero-order valence-corrected chi connectivity index (χ0v) is 14.3. The summed E-state index contributed by atoms with van der Waals surface area (Å²) in [6.07, 6.45) is 1.24. The minimum Gasteiger partial charge on any atom is -0.465 e. The number of methoxy groups -OCH3 is 1. The van der Waals surface area contributed by atoms with Crippen LogP contribution in [0.15, 0.2) is 53.4 Å². The van der Waals surface area contributed by atoms with Gasteiger partial charge >= 0.3 is 11.9 Å². The number of aromatic nitrogens is 2. The first-order chi connectivity index (χ1) is 12.6. The van der Waals surface area contributed by atoms with Crippen molar-refractivity contribution < 1.29 is 23.6 Å². The van der Waals surface area contributed by atoms with Crippen LogP contribution in [-0.2, 0) is 16.1 Å². The molecule has 0 saturated heterocycles. The molecule has 7 heteroatoms. The summed E-state index contributed by atoms with van der Waals surface area (Å²) in [5, 5.41) is 3.74. The standard InChI is InChI=1S/C19H16N2O5/c1-12-3-4-15(18(22)24-2)9-16(12)10-25-19(23)14-7-5-13(6-8-14)17-20-11-26-21-17/h3-9,11H,10H2,1-2H3. The molecule has 1 aromatic heterocycles. The van der Waals surface area contributed by atoms with E-state index in [-0.39, 0.29) is 6.61 Å². The van der Waals surface area contributed by atoms with Crippen molar-refractivity contribution in [1.29, 1.82) is 0 Å². The zero-order chi connectivity index (χ0) is 18.5. The molecule has 0 aliphatic heterocycles. The van der Waals surface area contributed by atoms with Crippen molar-refractivity contribution in [2.24, 2.45) is 0 Å². The van der Waals surface area contributed by atoms with Crippen molar-refractivity contribution in [3.05, 3.63) is 71.1 Å². The van der Waals surface area contributed by atoms with E-state index in [0.717, 1.165) is 16.7 Å². The van der Waals surface area contributed by atoms with E-state index in [0.29, 0.717) is 17.0 Å². The molecule has 3 aromatic rings. The van der Waals surface area contributed by atoms with Gasteiger partial charge in [-0.2, -0.15) is 4.98 Å². The molecule has 0 saturated carbocycles. The summed E-state index contributed by atoms with van der Waals surface area (Å²) >= 11 is 0. The Morgan fingerprint density at radius 3 is 2.42 bits per heavy atom. The molecule has 132 valence electrons. The van der Waals surface area contributed by atoms with Crippen LogP contribution in [0.5, 0.6) is 0 Å². The van der Waals surface area contributed by atoms with Crippen LogP contribution in [0.25, 0.3) is 11.4 Å². The molecule has 0 aliphatic rings. The highest BCUT2D eigenvalue weighted by Gasteiger charge is 2.12. The molecule has 7 nitrogen and oxygen atoms in total. The van der Waals surface area contributed by atoms with Gasteiger partial charge in [-0.15, -0.1) is 0 Å². The number of nitrogens with zero attached hydrogens (tertiary/aromatic N) is 2. The number of hydrogen-bond donors (Lipinski definition) is 0. The Balaban J connectivity index is 1.68. The lowest BCUT2D eigenvalue weighted by atomic mass is 10.1. The second-order valence-electron chi connectivity index (χ2n) is 5.54. The Bertz CT molecular complexity index is 918. The van der Waals surface area contributed by atoms with Crippen molar-refractivity contribution in [3.8, 4) is 11.4 Å². The molecule has 0 amide bonds. The summed E-state index contributed by atoms with van der Waals surface area (Å²) in [6.45, 7) is 1.94. The molecule has 3 rings (SSSR count). The molecule has 0 spiro atoms. The summed E-state index contributed by atoms with van der Waals surface area (Å²) in [5.74, 6) is -0.456. The fourth-order valence-corrected chi connectivity index (χ4v) is 2.35. The molecule has 2 aromatic carbocycles. The highest BCUT2D eigenvalue weighted by molar-refractivity contribution is 5.90. The van der Waals surface area contributed by atoms with Crippen molar-refractivity contribution in [2.45, 2.75) is 13.5 Å². The van der Waals surface area contributed by atoms with Crippen LogP contribution in [-0.4, -0.2) is 29.2 Å². The van der Waals surface area contributed by atoms with E-state index in [2.05, 4.69) is 10.1 Å². The Hall–Kier alpha value is -3.48. The first-order valence-electron chi connectivity index (χ1n) is 7.80. The third-order valence-corrected chi connectivity index (χ3v) is 3.87. The molecule has 0 fully saturated rings. The normalized spacial score (nSPS) is 10.4. The number of carbonyl (C=O) groups is 2. The molecule has 26 heavy (non-hydrogen) atoms. The van der Waals surface area contributed by atoms with Crippen LogP contribution in [0.1, 0.15) is 31.8 Å². The highest BCUT2D eigenvalue weighted by Crippen LogP contribution is 2.17. The minimum absolute atomic E-state index is 0.0576. The van der Waals surface area contributed by atoms with Gasteiger partial charge in [0.2, 0.25) is 12.2 Å². The number of ether oxygens (including phenoxy) is 2. The van der Waals surface area contributed by atoms with E-state index >= 15 is 0 Å². The number of carbonyl (C=O) groups excluding carboxylic acids is 2. The van der Waals surface area contributed by atoms with Crippen LogP contribution in [0, 0.1) is 6.92 Å². The fraction of sp³-hybridized carbons (Fsp3) is 0.158. The van der Waals surface area contributed by atoms with Gasteiger partial charge in [0.15, 0.2) is 0 Å². The molecule has 0 N–H and O–H groups in total. The van der Waals surface area contributed by atoms with Gasteiger partial charge in [-0.3, -0.25) is 0 Å². The number of aryl methyl sites for hydroxylation is 1. The van der Waals surface area contributed by atoms with Gasteiger partial charge < -0.3 is 14.0 Å². The van der Waals surface area contributed by atoms with E-state index in [1.807, 2.05) is 6.92 Å². The molecule has 1 heterocycles. The second kappa shape index (κ2) is 7.60. The van der Waals surface area contributed by atoms with Crippen molar-refractivity contribution in [2.75, 3.05) is 7.11 Å². The summed E-state index contributed by atoms with van der Waals surface area (Å²) in [5.41, 5.74) is 3.20. The first kappa shape index (κ1) is 17.3. The minimum atomic E-state index is -0.465. The van der Waals surface area contributed by atoms with Gasteiger partial charge in [-0.1, -0.05) is 23.4 Å². The number of hydrogen-bond acceptors (Lipinski definition) is 7. The average molecular weight is 352 g/mol. The van der Waals surface area contributed by atoms with E-state index in [1.54, 1.807) is 42.5 Å². The third-order valence-electron chi connectivity index (χ3n) is 3.87. The summed E-state index contributed by atoms with van der Waals surface area (Å²) in [4.78, 5) is 27.8. The maximum atomic E-state index is 12.2. The molecule has 0 radical (unpaired) electrons. The smallest absolute Gasteiger partial charge is 0.338 e. The van der Waals surface area contributed by atoms with E-state index in [4.69, 9.17) is 14.0 Å². The van der Waals surface area contributed by atoms with Crippen LogP contribution in [0.2, 0.25) is 0 Å². The van der Waals surface area contributed by atoms with Crippen LogP contribution >= 0.6 is 0 Å². The predicted molar refractivity (Wildman–Crippen MR) is 91.4 cm³/mol. The Labute approximate surface area is 149 Å². The van der Waals surface area contributed by atoms with Crippen LogP contribution in [0.3, 0.4) is 0 Å². The first-order valence-corrected chi connectivity index (χ1v) is 7.80. The van der Waals surface area contributed by atoms with E-state index in [1.165, 1.54) is 13.5 Å². The topological polar surface area (TPSA) is 91.5 Å². The largest absolute Gasteiger partial charge is 0.465 e. The van der Waals surface area contributed by atoms with Crippen molar-refractivity contribution in [1.82, 2.24) is 10.1 Å². The number of esters is 2. The predicted octanol–water partition coefficient (Wildman–Crippen LogP) is 3.19. The molecular formula is C19H16N2O5. The Morgan fingerprint density at radius 2 is 1.77 bits per heavy atom. The molecule has 0 unspecified atom stereocenters. The van der Waals surface area contributed by atoms with Crippen LogP contribution < -0.4 is 0 Å². The third kappa shape index (κ3) is 3.77. The molecule has 0 bridgehead atoms. The molecule has 0 aliphatic carbocycles. The molecular weight excluding hydrogens is 336 g/mol. The monoisotopic (exact) mass is 352 g/mol. The van der Waals surface area contributed by atoms with Gasteiger partial charge in [0.05, 0.1) is 18.2 Å². The van der Waals surface area contributed by atoms with Crippen molar-refractivity contribution in [3.63, 3.8) is 0 Å². The van der Waals surface area contributed by atoms with Gasteiger partial charge in [0.25, 0.3) is 0 Å². The van der Waals surface area contributed by atoms with Gasteiger partial charge in [-0.05, 0) is 42.3 Å². The van der Waals surface area contributed by atoms with Crippen LogP contribution in [0.4, 0.5) is 0 Å². The zero-order valence-electron chi connectivity index (χ0n) is 14.3. The Morgan fingerprint density at radius 1 is 1.04 bits per heavy atom. The maximum absolute atomic E-state index is 12.2. The van der Waals surface area contributed by atoms with E-state index < -0.39 is 11.9 Å². The highest BCUT2D eigenvalue weighted by atomic mass is 16.5. The summed E-state index contributed by atoms with van der Waals surface area (Å²) in [7, 11) is 1.32. The quantitative estimate of drug-likeness (QED) is 0.651. The van der Waals surface area contributed by atoms with E-state index in [9.17, 15) is 9.59 Å². The number of benzene rings is 2.